The van der Waals surface area contributed by atoms with Crippen LogP contribution in [0.5, 0.6) is 0 Å². The van der Waals surface area contributed by atoms with E-state index in [9.17, 15) is 5.11 Å². The lowest BCUT2D eigenvalue weighted by Gasteiger charge is -1.98. The van der Waals surface area contributed by atoms with E-state index in [0.717, 1.165) is 11.3 Å². The molecule has 3 heteroatoms. The van der Waals surface area contributed by atoms with Gasteiger partial charge in [0.2, 0.25) is 0 Å². The molecule has 0 saturated carbocycles. The van der Waals surface area contributed by atoms with Gasteiger partial charge in [-0.05, 0) is 32.0 Å². The molecule has 14 heavy (non-hydrogen) atoms. The topological polar surface area (TPSA) is 46.5 Å². The van der Waals surface area contributed by atoms with Crippen molar-refractivity contribution in [2.75, 3.05) is 0 Å². The van der Waals surface area contributed by atoms with Crippen LogP contribution in [0, 0.1) is 6.92 Å². The molecule has 2 heterocycles. The Balaban J connectivity index is 2.43. The molecule has 0 fully saturated rings. The third-order valence-electron chi connectivity index (χ3n) is 2.17. The molecule has 0 radical (unpaired) electrons. The van der Waals surface area contributed by atoms with Crippen LogP contribution in [0.2, 0.25) is 0 Å². The van der Waals surface area contributed by atoms with Crippen LogP contribution < -0.4 is 0 Å². The van der Waals surface area contributed by atoms with Gasteiger partial charge in [0.05, 0.1) is 12.4 Å². The number of aliphatic hydroxyl groups excluding tert-OH is 1. The van der Waals surface area contributed by atoms with E-state index in [-0.39, 0.29) is 0 Å². The third-order valence-corrected chi connectivity index (χ3v) is 2.17. The molecule has 2 rings (SSSR count). The van der Waals surface area contributed by atoms with E-state index in [1.54, 1.807) is 25.3 Å². The van der Waals surface area contributed by atoms with Gasteiger partial charge >= 0.3 is 0 Å². The molecule has 1 atom stereocenters. The standard InChI is InChI=1S/C11H12O3/c1-7(12)9-6-11(14-8(9)2)10-4-3-5-13-10/h3-7,12H,1-2H3. The van der Waals surface area contributed by atoms with Crippen molar-refractivity contribution in [2.24, 2.45) is 0 Å². The smallest absolute Gasteiger partial charge is 0.169 e. The van der Waals surface area contributed by atoms with Crippen LogP contribution in [0.25, 0.3) is 11.5 Å². The second kappa shape index (κ2) is 3.35. The highest BCUT2D eigenvalue weighted by molar-refractivity contribution is 5.52. The highest BCUT2D eigenvalue weighted by Crippen LogP contribution is 2.28. The molecule has 0 spiro atoms. The number of hydrogen-bond acceptors (Lipinski definition) is 3. The molecule has 0 saturated heterocycles. The quantitative estimate of drug-likeness (QED) is 0.795. The SMILES string of the molecule is Cc1oc(-c2ccco2)cc1C(C)O. The van der Waals surface area contributed by atoms with Gasteiger partial charge in [0.15, 0.2) is 11.5 Å². The molecule has 2 aromatic rings. The molecule has 1 N–H and O–H groups in total. The Morgan fingerprint density at radius 2 is 2.14 bits per heavy atom. The molecule has 0 aliphatic carbocycles. The molecule has 0 aromatic carbocycles. The van der Waals surface area contributed by atoms with Crippen LogP contribution in [-0.4, -0.2) is 5.11 Å². The summed E-state index contributed by atoms with van der Waals surface area (Å²) < 4.78 is 10.7. The summed E-state index contributed by atoms with van der Waals surface area (Å²) in [6.07, 6.45) is 1.08. The summed E-state index contributed by atoms with van der Waals surface area (Å²) in [7, 11) is 0. The predicted octanol–water partition coefficient (Wildman–Crippen LogP) is 2.90. The Labute approximate surface area is 82.0 Å². The largest absolute Gasteiger partial charge is 0.461 e. The second-order valence-electron chi connectivity index (χ2n) is 3.28. The van der Waals surface area contributed by atoms with Crippen LogP contribution in [0.4, 0.5) is 0 Å². The summed E-state index contributed by atoms with van der Waals surface area (Å²) in [6, 6.07) is 5.43. The van der Waals surface area contributed by atoms with Gasteiger partial charge in [0.1, 0.15) is 5.76 Å². The van der Waals surface area contributed by atoms with Crippen LogP contribution in [0.3, 0.4) is 0 Å². The maximum atomic E-state index is 9.42. The summed E-state index contributed by atoms with van der Waals surface area (Å²) in [5.41, 5.74) is 0.802. The lowest BCUT2D eigenvalue weighted by molar-refractivity contribution is 0.197. The lowest BCUT2D eigenvalue weighted by atomic mass is 10.1. The predicted molar refractivity (Wildman–Crippen MR) is 51.8 cm³/mol. The summed E-state index contributed by atoms with van der Waals surface area (Å²) in [5.74, 6) is 2.06. The van der Waals surface area contributed by atoms with Gasteiger partial charge in [0.25, 0.3) is 0 Å². The molecule has 1 unspecified atom stereocenters. The second-order valence-corrected chi connectivity index (χ2v) is 3.28. The first-order valence-corrected chi connectivity index (χ1v) is 4.50. The zero-order valence-corrected chi connectivity index (χ0v) is 8.15. The van der Waals surface area contributed by atoms with E-state index in [1.807, 2.05) is 13.0 Å². The Morgan fingerprint density at radius 3 is 2.64 bits per heavy atom. The minimum absolute atomic E-state index is 0.512. The van der Waals surface area contributed by atoms with Gasteiger partial charge < -0.3 is 13.9 Å². The number of furan rings is 2. The van der Waals surface area contributed by atoms with Gasteiger partial charge in [0, 0.05) is 5.56 Å². The maximum Gasteiger partial charge on any atom is 0.169 e. The van der Waals surface area contributed by atoms with Gasteiger partial charge in [-0.25, -0.2) is 0 Å². The maximum absolute atomic E-state index is 9.42. The number of hydrogen-bond donors (Lipinski definition) is 1. The van der Waals surface area contributed by atoms with E-state index >= 15 is 0 Å². The van der Waals surface area contributed by atoms with Gasteiger partial charge in [-0.2, -0.15) is 0 Å². The van der Waals surface area contributed by atoms with Crippen LogP contribution in [-0.2, 0) is 0 Å². The monoisotopic (exact) mass is 192 g/mol. The summed E-state index contributed by atoms with van der Waals surface area (Å²) in [6.45, 7) is 3.54. The average Bonchev–Trinajstić information content (AvgIpc) is 2.70. The fourth-order valence-corrected chi connectivity index (χ4v) is 1.45. The molecular weight excluding hydrogens is 180 g/mol. The van der Waals surface area contributed by atoms with Crippen LogP contribution in [0.1, 0.15) is 24.4 Å². The van der Waals surface area contributed by atoms with Crippen molar-refractivity contribution in [3.8, 4) is 11.5 Å². The molecule has 0 bridgehead atoms. The van der Waals surface area contributed by atoms with Crippen molar-refractivity contribution in [3.63, 3.8) is 0 Å². The van der Waals surface area contributed by atoms with E-state index in [0.29, 0.717) is 11.5 Å². The van der Waals surface area contributed by atoms with Crippen LogP contribution in [0.15, 0.2) is 33.3 Å². The first-order chi connectivity index (χ1) is 6.68. The molecule has 0 amide bonds. The highest BCUT2D eigenvalue weighted by Gasteiger charge is 2.14. The summed E-state index contributed by atoms with van der Waals surface area (Å²) in [5, 5.41) is 9.42. The summed E-state index contributed by atoms with van der Waals surface area (Å²) in [4.78, 5) is 0. The average molecular weight is 192 g/mol. The number of aryl methyl sites for hydroxylation is 1. The number of rotatable bonds is 2. The first kappa shape index (κ1) is 9.09. The summed E-state index contributed by atoms with van der Waals surface area (Å²) >= 11 is 0. The fraction of sp³-hybridized carbons (Fsp3) is 0.273. The van der Waals surface area contributed by atoms with Crippen molar-refractivity contribution >= 4 is 0 Å². The highest BCUT2D eigenvalue weighted by atomic mass is 16.4. The lowest BCUT2D eigenvalue weighted by Crippen LogP contribution is -1.89. The van der Waals surface area contributed by atoms with E-state index in [4.69, 9.17) is 8.83 Å². The molecule has 74 valence electrons. The Bertz CT molecular complexity index is 410. The zero-order chi connectivity index (χ0) is 10.1. The Hall–Kier alpha value is -1.48. The molecule has 0 aliphatic heterocycles. The Morgan fingerprint density at radius 1 is 1.36 bits per heavy atom. The van der Waals surface area contributed by atoms with Gasteiger partial charge in [-0.3, -0.25) is 0 Å². The molecular formula is C11H12O3. The van der Waals surface area contributed by atoms with E-state index < -0.39 is 6.10 Å². The number of aliphatic hydroxyl groups is 1. The van der Waals surface area contributed by atoms with E-state index in [1.165, 1.54) is 0 Å². The molecule has 2 aromatic heterocycles. The minimum atomic E-state index is -0.512. The third kappa shape index (κ3) is 1.46. The van der Waals surface area contributed by atoms with E-state index in [2.05, 4.69) is 0 Å². The van der Waals surface area contributed by atoms with Crippen molar-refractivity contribution in [3.05, 3.63) is 35.8 Å². The van der Waals surface area contributed by atoms with Crippen molar-refractivity contribution in [1.29, 1.82) is 0 Å². The zero-order valence-electron chi connectivity index (χ0n) is 8.15. The normalized spacial score (nSPS) is 13.1. The van der Waals surface area contributed by atoms with Crippen molar-refractivity contribution in [1.82, 2.24) is 0 Å². The van der Waals surface area contributed by atoms with Gasteiger partial charge in [-0.1, -0.05) is 0 Å². The van der Waals surface area contributed by atoms with Crippen molar-refractivity contribution < 1.29 is 13.9 Å². The fourth-order valence-electron chi connectivity index (χ4n) is 1.45. The van der Waals surface area contributed by atoms with Gasteiger partial charge in [-0.15, -0.1) is 0 Å². The van der Waals surface area contributed by atoms with Crippen LogP contribution >= 0.6 is 0 Å². The minimum Gasteiger partial charge on any atom is -0.461 e. The Kier molecular flexibility index (Phi) is 2.17. The molecule has 0 aliphatic rings. The molecule has 3 nitrogen and oxygen atoms in total. The first-order valence-electron chi connectivity index (χ1n) is 4.50. The van der Waals surface area contributed by atoms with Crippen molar-refractivity contribution in [2.45, 2.75) is 20.0 Å².